The molecule has 1 unspecified atom stereocenters. The van der Waals surface area contributed by atoms with Gasteiger partial charge >= 0.3 is 9.28 Å². The van der Waals surface area contributed by atoms with Crippen LogP contribution in [0.2, 0.25) is 5.54 Å². The Bertz CT molecular complexity index is 145. The third-order valence-corrected chi connectivity index (χ3v) is 4.47. The maximum absolute atomic E-state index is 9.03. The van der Waals surface area contributed by atoms with Gasteiger partial charge < -0.3 is 15.3 Å². The van der Waals surface area contributed by atoms with Crippen LogP contribution in [0, 0.1) is 0 Å². The lowest BCUT2D eigenvalue weighted by Gasteiger charge is -2.10. The van der Waals surface area contributed by atoms with E-state index in [1.54, 1.807) is 0 Å². The highest BCUT2D eigenvalue weighted by Gasteiger charge is 2.12. The number of hydrogen-bond acceptors (Lipinski definition) is 3. The fourth-order valence-corrected chi connectivity index (χ4v) is 2.35. The molecule has 0 amide bonds. The van der Waals surface area contributed by atoms with Gasteiger partial charge in [0.05, 0.1) is 0 Å². The second-order valence-corrected chi connectivity index (χ2v) is 6.76. The van der Waals surface area contributed by atoms with Crippen molar-refractivity contribution in [2.75, 3.05) is 6.54 Å². The topological polar surface area (TPSA) is 66.5 Å². The van der Waals surface area contributed by atoms with Crippen LogP contribution in [-0.4, -0.2) is 25.4 Å². The van der Waals surface area contributed by atoms with Crippen molar-refractivity contribution in [3.63, 3.8) is 0 Å². The molecule has 0 rings (SSSR count). The summed E-state index contributed by atoms with van der Waals surface area (Å²) in [7, 11) is -2.35. The van der Waals surface area contributed by atoms with E-state index in [4.69, 9.17) is 15.3 Å². The minimum atomic E-state index is -2.35. The first-order chi connectivity index (χ1) is 7.68. The van der Waals surface area contributed by atoms with Crippen LogP contribution in [0.4, 0.5) is 0 Å². The Balaban J connectivity index is 3.04. The van der Waals surface area contributed by atoms with Gasteiger partial charge in [-0.2, -0.15) is 0 Å². The van der Waals surface area contributed by atoms with E-state index >= 15 is 0 Å². The first kappa shape index (κ1) is 16.1. The maximum atomic E-state index is 9.03. The molecule has 0 fully saturated rings. The van der Waals surface area contributed by atoms with Crippen LogP contribution >= 0.6 is 0 Å². The molecule has 4 N–H and O–H groups in total. The standard InChI is InChI=1S/C12H29NO2Si/c1-12(16(14)15)10-8-6-4-2-3-5-7-9-11-13/h12,14-16H,2-11,13H2,1H3. The van der Waals surface area contributed by atoms with Crippen molar-refractivity contribution >= 4 is 9.28 Å². The quantitative estimate of drug-likeness (QED) is 0.387. The van der Waals surface area contributed by atoms with E-state index in [9.17, 15) is 0 Å². The van der Waals surface area contributed by atoms with E-state index in [1.807, 2.05) is 6.92 Å². The minimum absolute atomic E-state index is 0.157. The van der Waals surface area contributed by atoms with Crippen LogP contribution in [0.15, 0.2) is 0 Å². The predicted octanol–water partition coefficient (Wildman–Crippen LogP) is 2.05. The predicted molar refractivity (Wildman–Crippen MR) is 71.6 cm³/mol. The minimum Gasteiger partial charge on any atom is -0.413 e. The van der Waals surface area contributed by atoms with Crippen molar-refractivity contribution in [3.8, 4) is 0 Å². The van der Waals surface area contributed by atoms with Gasteiger partial charge in [-0.15, -0.1) is 0 Å². The fraction of sp³-hybridized carbons (Fsp3) is 1.00. The van der Waals surface area contributed by atoms with Crippen molar-refractivity contribution in [2.45, 2.75) is 70.3 Å². The Morgan fingerprint density at radius 2 is 1.31 bits per heavy atom. The number of unbranched alkanes of at least 4 members (excludes halogenated alkanes) is 7. The van der Waals surface area contributed by atoms with Gasteiger partial charge in [-0.1, -0.05) is 51.9 Å². The van der Waals surface area contributed by atoms with Crippen LogP contribution in [-0.2, 0) is 0 Å². The molecule has 0 aromatic heterocycles. The molecule has 98 valence electrons. The maximum Gasteiger partial charge on any atom is 0.318 e. The monoisotopic (exact) mass is 247 g/mol. The summed E-state index contributed by atoms with van der Waals surface area (Å²) in [5, 5.41) is 0. The molecule has 0 radical (unpaired) electrons. The first-order valence-corrected chi connectivity index (χ1v) is 8.44. The highest BCUT2D eigenvalue weighted by Crippen LogP contribution is 2.17. The Morgan fingerprint density at radius 3 is 1.75 bits per heavy atom. The van der Waals surface area contributed by atoms with Gasteiger partial charge in [0.1, 0.15) is 0 Å². The molecule has 0 saturated heterocycles. The molecule has 0 saturated carbocycles. The normalized spacial score (nSPS) is 13.3. The average molecular weight is 247 g/mol. The van der Waals surface area contributed by atoms with E-state index in [0.717, 1.165) is 25.8 Å². The van der Waals surface area contributed by atoms with Crippen molar-refractivity contribution in [2.24, 2.45) is 5.73 Å². The summed E-state index contributed by atoms with van der Waals surface area (Å²) in [4.78, 5) is 18.1. The largest absolute Gasteiger partial charge is 0.413 e. The van der Waals surface area contributed by atoms with Crippen molar-refractivity contribution < 1.29 is 9.59 Å². The van der Waals surface area contributed by atoms with Crippen LogP contribution in [0.5, 0.6) is 0 Å². The van der Waals surface area contributed by atoms with Crippen molar-refractivity contribution in [3.05, 3.63) is 0 Å². The van der Waals surface area contributed by atoms with Gasteiger partial charge in [0.25, 0.3) is 0 Å². The Hall–Kier alpha value is 0.0969. The Labute approximate surface area is 102 Å². The molecular weight excluding hydrogens is 218 g/mol. The number of hydrogen-bond donors (Lipinski definition) is 3. The van der Waals surface area contributed by atoms with Gasteiger partial charge in [-0.05, 0) is 24.9 Å². The second kappa shape index (κ2) is 11.6. The van der Waals surface area contributed by atoms with Crippen LogP contribution < -0.4 is 5.73 Å². The molecule has 0 aromatic carbocycles. The molecule has 0 spiro atoms. The fourth-order valence-electron chi connectivity index (χ4n) is 1.82. The van der Waals surface area contributed by atoms with Crippen LogP contribution in [0.25, 0.3) is 0 Å². The zero-order chi connectivity index (χ0) is 12.2. The van der Waals surface area contributed by atoms with E-state index in [1.165, 1.54) is 38.5 Å². The third kappa shape index (κ3) is 10.6. The highest BCUT2D eigenvalue weighted by molar-refractivity contribution is 6.42. The van der Waals surface area contributed by atoms with Crippen LogP contribution in [0.1, 0.15) is 64.7 Å². The lowest BCUT2D eigenvalue weighted by Crippen LogP contribution is -2.17. The van der Waals surface area contributed by atoms with Gasteiger partial charge in [-0.25, -0.2) is 0 Å². The second-order valence-electron chi connectivity index (χ2n) is 4.80. The van der Waals surface area contributed by atoms with Crippen molar-refractivity contribution in [1.82, 2.24) is 0 Å². The Morgan fingerprint density at radius 1 is 0.875 bits per heavy atom. The van der Waals surface area contributed by atoms with E-state index < -0.39 is 9.28 Å². The highest BCUT2D eigenvalue weighted by atomic mass is 28.3. The van der Waals surface area contributed by atoms with Crippen LogP contribution in [0.3, 0.4) is 0 Å². The summed E-state index contributed by atoms with van der Waals surface area (Å²) >= 11 is 0. The molecule has 4 heteroatoms. The molecule has 0 aliphatic carbocycles. The summed E-state index contributed by atoms with van der Waals surface area (Å²) < 4.78 is 0. The molecule has 0 heterocycles. The molecule has 0 aromatic rings. The summed E-state index contributed by atoms with van der Waals surface area (Å²) in [6.45, 7) is 2.77. The molecule has 0 aliphatic rings. The first-order valence-electron chi connectivity index (χ1n) is 6.74. The SMILES string of the molecule is CC(CCCCCCCCCCN)[SiH](O)O. The summed E-state index contributed by atoms with van der Waals surface area (Å²) in [5.74, 6) is 0. The molecule has 1 atom stereocenters. The molecule has 3 nitrogen and oxygen atoms in total. The average Bonchev–Trinajstić information content (AvgIpc) is 2.26. The smallest absolute Gasteiger partial charge is 0.318 e. The summed E-state index contributed by atoms with van der Waals surface area (Å²) in [6.07, 6.45) is 11.1. The van der Waals surface area contributed by atoms with Gasteiger partial charge in [0.2, 0.25) is 0 Å². The zero-order valence-corrected chi connectivity index (χ0v) is 11.9. The van der Waals surface area contributed by atoms with Gasteiger partial charge in [0, 0.05) is 0 Å². The lowest BCUT2D eigenvalue weighted by molar-refractivity contribution is 0.380. The lowest BCUT2D eigenvalue weighted by atomic mass is 10.1. The van der Waals surface area contributed by atoms with Gasteiger partial charge in [0.15, 0.2) is 0 Å². The summed E-state index contributed by atoms with van der Waals surface area (Å²) in [6, 6.07) is 0. The van der Waals surface area contributed by atoms with E-state index in [2.05, 4.69) is 0 Å². The summed E-state index contributed by atoms with van der Waals surface area (Å²) in [5.41, 5.74) is 5.58. The Kier molecular flexibility index (Phi) is 11.6. The van der Waals surface area contributed by atoms with E-state index in [0.29, 0.717) is 0 Å². The zero-order valence-electron chi connectivity index (χ0n) is 10.7. The van der Waals surface area contributed by atoms with E-state index in [-0.39, 0.29) is 5.54 Å². The molecular formula is C12H29NO2Si. The van der Waals surface area contributed by atoms with Crippen molar-refractivity contribution in [1.29, 1.82) is 0 Å². The number of nitrogens with two attached hydrogens (primary N) is 1. The molecule has 0 bridgehead atoms. The third-order valence-electron chi connectivity index (χ3n) is 3.12. The number of rotatable bonds is 11. The van der Waals surface area contributed by atoms with Gasteiger partial charge in [-0.3, -0.25) is 0 Å². The molecule has 0 aliphatic heterocycles. The molecule has 16 heavy (non-hydrogen) atoms.